The smallest absolute Gasteiger partial charge is 0.186 e. The molecule has 10 nitrogen and oxygen atoms in total. The van der Waals surface area contributed by atoms with Crippen LogP contribution in [0.1, 0.15) is 93.4 Å². The van der Waals surface area contributed by atoms with Crippen LogP contribution in [-0.2, 0) is 19.0 Å². The summed E-state index contributed by atoms with van der Waals surface area (Å²) in [6.45, 7) is 14.0. The van der Waals surface area contributed by atoms with E-state index < -0.39 is 66.1 Å². The average Bonchev–Trinajstić information content (AvgIpc) is 3.62. The normalized spacial score (nSPS) is 57.6. The van der Waals surface area contributed by atoms with Gasteiger partial charge < -0.3 is 44.8 Å². The highest BCUT2D eigenvalue weighted by Crippen LogP contribution is 2.89. The van der Waals surface area contributed by atoms with E-state index in [1.54, 1.807) is 13.8 Å². The molecule has 0 radical (unpaired) electrons. The first-order chi connectivity index (χ1) is 20.8. The van der Waals surface area contributed by atoms with Crippen LogP contribution in [-0.4, -0.2) is 104 Å². The molecule has 2 heterocycles. The molecule has 0 aromatic heterocycles. The van der Waals surface area contributed by atoms with Gasteiger partial charge in [-0.3, -0.25) is 4.79 Å². The fraction of sp³-hybridized carbons (Fsp3) is 0.971. The van der Waals surface area contributed by atoms with Crippen molar-refractivity contribution in [2.24, 2.45) is 50.7 Å². The lowest BCUT2D eigenvalue weighted by molar-refractivity contribution is -0.309. The predicted molar refractivity (Wildman–Crippen MR) is 161 cm³/mol. The summed E-state index contributed by atoms with van der Waals surface area (Å²) >= 11 is 0. The molecule has 2 aliphatic heterocycles. The molecule has 0 amide bonds. The summed E-state index contributed by atoms with van der Waals surface area (Å²) in [6.07, 6.45) is -3.02. The molecule has 256 valence electrons. The standard InChI is InChI=1S/C35H56O10/c1-16-12-18(27(40)31(4,5)42)44-26-23(16)32(6)10-11-34-15-35(34)19(8-9-20(34)33(32,7)28(26)41)30(2,3)22(13-21(35)37)45-29-25(39)24(38)17(36)14-43-29/h16-27,29,36-40,42H,8-15H2,1-7H3/t16-,17+,18-,19+,20+,21+,22+,23+,24+,25-,26-,27-,29+,32-,33-,34+,35-/m1/s1. The van der Waals surface area contributed by atoms with Crippen molar-refractivity contribution >= 4 is 5.78 Å². The number of fused-ring (bicyclic) bond motifs is 4. The highest BCUT2D eigenvalue weighted by molar-refractivity contribution is 5.93. The Morgan fingerprint density at radius 1 is 0.978 bits per heavy atom. The Morgan fingerprint density at radius 3 is 2.31 bits per heavy atom. The summed E-state index contributed by atoms with van der Waals surface area (Å²) in [6, 6.07) is 0. The maximum Gasteiger partial charge on any atom is 0.186 e. The van der Waals surface area contributed by atoms with Crippen molar-refractivity contribution in [1.29, 1.82) is 0 Å². The van der Waals surface area contributed by atoms with Gasteiger partial charge in [0, 0.05) is 23.2 Å². The van der Waals surface area contributed by atoms with Gasteiger partial charge in [0.2, 0.25) is 0 Å². The SMILES string of the molecule is C[C@@H]1C[C@H]([C@@H](O)C(C)(C)O)O[C@H]2C(=O)[C@@]3(C)[C@@H]4CC[C@H]5C(C)(C)[C@@H](O[C@@H]6OC[C@H](O)[C@H](O)[C@H]6O)C[C@H](O)[C@@]56C[C@@]46CC[C@]3(C)[C@@H]12. The first kappa shape index (κ1) is 32.8. The van der Waals surface area contributed by atoms with Gasteiger partial charge in [-0.25, -0.2) is 0 Å². The lowest BCUT2D eigenvalue weighted by atomic mass is 9.41. The van der Waals surface area contributed by atoms with Gasteiger partial charge in [-0.2, -0.15) is 0 Å². The minimum atomic E-state index is -1.39. The summed E-state index contributed by atoms with van der Waals surface area (Å²) in [5.41, 5.74) is -3.10. The van der Waals surface area contributed by atoms with Crippen molar-refractivity contribution in [2.75, 3.05) is 6.61 Å². The van der Waals surface area contributed by atoms with Gasteiger partial charge in [0.25, 0.3) is 0 Å². The van der Waals surface area contributed by atoms with Crippen LogP contribution in [0.15, 0.2) is 0 Å². The van der Waals surface area contributed by atoms with Gasteiger partial charge in [0.15, 0.2) is 12.1 Å². The molecule has 6 N–H and O–H groups in total. The molecule has 10 heteroatoms. The second-order valence-electron chi connectivity index (χ2n) is 17.9. The van der Waals surface area contributed by atoms with Crippen LogP contribution in [0.3, 0.4) is 0 Å². The molecule has 7 rings (SSSR count). The molecule has 2 spiro atoms. The maximum atomic E-state index is 14.8. The predicted octanol–water partition coefficient (Wildman–Crippen LogP) is 1.93. The molecule has 2 saturated heterocycles. The van der Waals surface area contributed by atoms with Crippen LogP contribution in [0.4, 0.5) is 0 Å². The van der Waals surface area contributed by atoms with Gasteiger partial charge in [-0.05, 0) is 86.4 Å². The summed E-state index contributed by atoms with van der Waals surface area (Å²) in [5, 5.41) is 64.3. The van der Waals surface area contributed by atoms with Crippen molar-refractivity contribution in [1.82, 2.24) is 0 Å². The lowest BCUT2D eigenvalue weighted by Crippen LogP contribution is -2.63. The van der Waals surface area contributed by atoms with E-state index >= 15 is 0 Å². The molecule has 0 aromatic rings. The van der Waals surface area contributed by atoms with Crippen LogP contribution < -0.4 is 0 Å². The Hall–Kier alpha value is -0.690. The van der Waals surface area contributed by atoms with Gasteiger partial charge in [-0.1, -0.05) is 34.6 Å². The Bertz CT molecular complexity index is 1220. The number of ketones is 1. The number of carbonyl (C=O) groups is 1. The molecule has 0 bridgehead atoms. The number of aliphatic hydroxyl groups excluding tert-OH is 5. The maximum absolute atomic E-state index is 14.8. The van der Waals surface area contributed by atoms with Gasteiger partial charge in [-0.15, -0.1) is 0 Å². The van der Waals surface area contributed by atoms with E-state index in [0.717, 1.165) is 32.1 Å². The lowest BCUT2D eigenvalue weighted by Gasteiger charge is -2.63. The van der Waals surface area contributed by atoms with Crippen LogP contribution in [0, 0.1) is 50.7 Å². The van der Waals surface area contributed by atoms with E-state index in [2.05, 4.69) is 34.6 Å². The van der Waals surface area contributed by atoms with Crippen molar-refractivity contribution < 1.29 is 49.6 Å². The second-order valence-corrected chi connectivity index (χ2v) is 17.9. The zero-order chi connectivity index (χ0) is 32.9. The third-order valence-electron chi connectivity index (χ3n) is 15.4. The Balaban J connectivity index is 1.17. The molecular weight excluding hydrogens is 580 g/mol. The first-order valence-corrected chi connectivity index (χ1v) is 17.4. The largest absolute Gasteiger partial charge is 0.392 e. The van der Waals surface area contributed by atoms with E-state index in [-0.39, 0.29) is 57.7 Å². The van der Waals surface area contributed by atoms with E-state index in [1.165, 1.54) is 0 Å². The quantitative estimate of drug-likeness (QED) is 0.251. The van der Waals surface area contributed by atoms with Gasteiger partial charge in [0.05, 0.1) is 30.5 Å². The van der Waals surface area contributed by atoms with Crippen molar-refractivity contribution in [2.45, 2.75) is 154 Å². The van der Waals surface area contributed by atoms with Crippen molar-refractivity contribution in [3.05, 3.63) is 0 Å². The first-order valence-electron chi connectivity index (χ1n) is 17.4. The molecule has 7 aliphatic rings. The number of aliphatic hydroxyl groups is 6. The summed E-state index contributed by atoms with van der Waals surface area (Å²) < 4.78 is 18.4. The Labute approximate surface area is 266 Å². The molecule has 0 aromatic carbocycles. The van der Waals surface area contributed by atoms with Gasteiger partial charge in [0.1, 0.15) is 30.5 Å². The highest BCUT2D eigenvalue weighted by atomic mass is 16.7. The topological polar surface area (TPSA) is 166 Å². The Morgan fingerprint density at radius 2 is 1.64 bits per heavy atom. The molecule has 17 atom stereocenters. The van der Waals surface area contributed by atoms with Crippen molar-refractivity contribution in [3.8, 4) is 0 Å². The second kappa shape index (κ2) is 9.94. The van der Waals surface area contributed by atoms with Crippen LogP contribution in [0.5, 0.6) is 0 Å². The highest BCUT2D eigenvalue weighted by Gasteiger charge is 2.87. The van der Waals surface area contributed by atoms with E-state index in [9.17, 15) is 35.4 Å². The monoisotopic (exact) mass is 636 g/mol. The van der Waals surface area contributed by atoms with Crippen LogP contribution in [0.25, 0.3) is 0 Å². The molecule has 0 unspecified atom stereocenters. The summed E-state index contributed by atoms with van der Waals surface area (Å²) in [7, 11) is 0. The van der Waals surface area contributed by atoms with Crippen LogP contribution >= 0.6 is 0 Å². The summed E-state index contributed by atoms with van der Waals surface area (Å²) in [4.78, 5) is 14.8. The Kier molecular flexibility index (Phi) is 7.25. The third-order valence-corrected chi connectivity index (χ3v) is 15.4. The zero-order valence-electron chi connectivity index (χ0n) is 28.0. The van der Waals surface area contributed by atoms with Gasteiger partial charge >= 0.3 is 0 Å². The fourth-order valence-corrected chi connectivity index (χ4v) is 12.9. The number of hydrogen-bond acceptors (Lipinski definition) is 10. The minimum Gasteiger partial charge on any atom is -0.392 e. The van der Waals surface area contributed by atoms with E-state index in [1.807, 2.05) is 0 Å². The minimum absolute atomic E-state index is 0.0336. The zero-order valence-corrected chi connectivity index (χ0v) is 28.0. The molecule has 45 heavy (non-hydrogen) atoms. The number of ether oxygens (including phenoxy) is 3. The van der Waals surface area contributed by atoms with E-state index in [4.69, 9.17) is 14.2 Å². The number of rotatable bonds is 4. The van der Waals surface area contributed by atoms with Crippen LogP contribution in [0.2, 0.25) is 0 Å². The molecule has 5 aliphatic carbocycles. The van der Waals surface area contributed by atoms with E-state index in [0.29, 0.717) is 12.8 Å². The third kappa shape index (κ3) is 3.98. The number of hydrogen-bond donors (Lipinski definition) is 6. The average molecular weight is 637 g/mol. The van der Waals surface area contributed by atoms with Crippen molar-refractivity contribution in [3.63, 3.8) is 0 Å². The molecular formula is C35H56O10. The molecule has 5 saturated carbocycles. The number of Topliss-reactive ketones (excluding diaryl/α,β-unsaturated/α-hetero) is 1. The number of carbonyl (C=O) groups excluding carboxylic acids is 1. The fourth-order valence-electron chi connectivity index (χ4n) is 12.9. The summed E-state index contributed by atoms with van der Waals surface area (Å²) in [5.74, 6) is 0.559. The molecule has 7 fully saturated rings.